The zero-order valence-electron chi connectivity index (χ0n) is 17.5. The Labute approximate surface area is 172 Å². The molecule has 2 heteroatoms. The molecule has 0 spiro atoms. The van der Waals surface area contributed by atoms with Gasteiger partial charge < -0.3 is 4.90 Å². The van der Waals surface area contributed by atoms with Crippen LogP contribution >= 0.6 is 0 Å². The van der Waals surface area contributed by atoms with E-state index in [4.69, 9.17) is 0 Å². The highest BCUT2D eigenvalue weighted by molar-refractivity contribution is 5.77. The quantitative estimate of drug-likeness (QED) is 0.735. The third-order valence-corrected chi connectivity index (χ3v) is 6.97. The number of rotatable bonds is 1. The average molecular weight is 379 g/mol. The minimum Gasteiger partial charge on any atom is -0.344 e. The second kappa shape index (κ2) is 5.97. The van der Waals surface area contributed by atoms with Crippen LogP contribution in [0, 0.1) is 17.2 Å². The molecule has 1 unspecified atom stereocenters. The fourth-order valence-corrected chi connectivity index (χ4v) is 5.56. The molecule has 144 valence electrons. The van der Waals surface area contributed by atoms with E-state index in [9.17, 15) is 5.26 Å². The van der Waals surface area contributed by atoms with E-state index in [1.165, 1.54) is 33.3 Å². The Balaban J connectivity index is 1.77. The number of allylic oxidation sites excluding steroid dienone is 3. The molecule has 2 aliphatic heterocycles. The number of hydrogen-bond donors (Lipinski definition) is 0. The maximum absolute atomic E-state index is 9.39. The second-order valence-electron chi connectivity index (χ2n) is 9.25. The van der Waals surface area contributed by atoms with Gasteiger partial charge in [-0.25, -0.2) is 0 Å². The van der Waals surface area contributed by atoms with Crippen LogP contribution in [0.5, 0.6) is 0 Å². The van der Waals surface area contributed by atoms with E-state index in [1.807, 2.05) is 6.07 Å². The molecule has 0 aromatic heterocycles. The van der Waals surface area contributed by atoms with Gasteiger partial charge >= 0.3 is 0 Å². The monoisotopic (exact) mass is 378 g/mol. The molecule has 2 nitrogen and oxygen atoms in total. The van der Waals surface area contributed by atoms with Gasteiger partial charge in [-0.05, 0) is 88.7 Å². The minimum atomic E-state index is -0.104. The van der Waals surface area contributed by atoms with Crippen LogP contribution < -0.4 is 15.3 Å². The van der Waals surface area contributed by atoms with Crippen LogP contribution in [-0.4, -0.2) is 6.54 Å². The van der Waals surface area contributed by atoms with Crippen molar-refractivity contribution in [2.45, 2.75) is 39.0 Å². The Morgan fingerprint density at radius 1 is 1.24 bits per heavy atom. The third-order valence-electron chi connectivity index (χ3n) is 6.97. The largest absolute Gasteiger partial charge is 0.344 e. The lowest BCUT2D eigenvalue weighted by Crippen LogP contribution is -2.38. The predicted molar refractivity (Wildman–Crippen MR) is 121 cm³/mol. The molecule has 29 heavy (non-hydrogen) atoms. The zero-order chi connectivity index (χ0) is 20.5. The molecule has 0 radical (unpaired) electrons. The first-order valence-electron chi connectivity index (χ1n) is 10.4. The van der Waals surface area contributed by atoms with E-state index >= 15 is 0 Å². The Kier molecular flexibility index (Phi) is 3.71. The van der Waals surface area contributed by atoms with Gasteiger partial charge in [0.05, 0.1) is 11.6 Å². The fraction of sp³-hybridized carbons (Fsp3) is 0.296. The molecule has 1 atom stereocenters. The molecule has 2 heterocycles. The summed E-state index contributed by atoms with van der Waals surface area (Å²) in [5.41, 5.74) is 9.69. The Hall–Kier alpha value is -3.05. The predicted octanol–water partition coefficient (Wildman–Crippen LogP) is 4.41. The van der Waals surface area contributed by atoms with Crippen LogP contribution in [0.25, 0.3) is 18.2 Å². The summed E-state index contributed by atoms with van der Waals surface area (Å²) in [7, 11) is 0. The molecule has 0 saturated heterocycles. The van der Waals surface area contributed by atoms with Gasteiger partial charge in [0.1, 0.15) is 0 Å². The standard InChI is InChI=1S/C27H26N2/c1-16(2)22-13-21-14-23-19(12-20(21)10-17(22)3)8-9-29-25-7-6-18(15-28)11-24(25)27(4,5)26(23)29/h6-7,10-11,13-14,19H,1,3,8-9,12H2,2,4-5H3. The van der Waals surface area contributed by atoms with E-state index in [1.54, 1.807) is 0 Å². The van der Waals surface area contributed by atoms with Crippen LogP contribution in [0.3, 0.4) is 0 Å². The summed E-state index contributed by atoms with van der Waals surface area (Å²) in [6.07, 6.45) is 4.64. The molecular weight excluding hydrogens is 352 g/mol. The molecule has 0 fully saturated rings. The molecule has 0 amide bonds. The lowest BCUT2D eigenvalue weighted by atomic mass is 9.74. The van der Waals surface area contributed by atoms with Gasteiger partial charge in [-0.1, -0.05) is 38.6 Å². The summed E-state index contributed by atoms with van der Waals surface area (Å²) in [5.74, 6) is 0.549. The van der Waals surface area contributed by atoms with Crippen LogP contribution in [0.15, 0.2) is 48.2 Å². The molecule has 0 N–H and O–H groups in total. The summed E-state index contributed by atoms with van der Waals surface area (Å²) in [4.78, 5) is 2.50. The van der Waals surface area contributed by atoms with E-state index in [0.717, 1.165) is 41.3 Å². The van der Waals surface area contributed by atoms with Crippen LogP contribution in [0.4, 0.5) is 5.69 Å². The smallest absolute Gasteiger partial charge is 0.0991 e. The van der Waals surface area contributed by atoms with Crippen LogP contribution in [0.1, 0.15) is 49.4 Å². The summed E-state index contributed by atoms with van der Waals surface area (Å²) in [5, 5.41) is 11.8. The second-order valence-corrected chi connectivity index (χ2v) is 9.25. The number of nitrogens with zero attached hydrogens (tertiary/aromatic N) is 2. The Morgan fingerprint density at radius 3 is 2.76 bits per heavy atom. The number of fused-ring (bicyclic) bond motifs is 5. The zero-order valence-corrected chi connectivity index (χ0v) is 17.5. The maximum atomic E-state index is 9.39. The van der Waals surface area contributed by atoms with Gasteiger partial charge in [0.2, 0.25) is 0 Å². The first-order chi connectivity index (χ1) is 13.8. The van der Waals surface area contributed by atoms with E-state index in [2.05, 4.69) is 75.2 Å². The van der Waals surface area contributed by atoms with Gasteiger partial charge in [0.25, 0.3) is 0 Å². The van der Waals surface area contributed by atoms with Gasteiger partial charge in [0, 0.05) is 23.3 Å². The Morgan fingerprint density at radius 2 is 2.03 bits per heavy atom. The third kappa shape index (κ3) is 2.47. The summed E-state index contributed by atoms with van der Waals surface area (Å²) in [6.45, 7) is 16.1. The molecule has 0 saturated carbocycles. The normalized spacial score (nSPS) is 20.8. The highest BCUT2D eigenvalue weighted by atomic mass is 15.2. The molecule has 2 aromatic carbocycles. The SMILES string of the molecule is C=C(C)c1cc2c(cc1=C)CC1CCN3C(=C1C=2)C(C)(C)c1cc(C#N)ccc13. The number of anilines is 1. The van der Waals surface area contributed by atoms with Crippen LogP contribution in [0.2, 0.25) is 0 Å². The van der Waals surface area contributed by atoms with Crippen molar-refractivity contribution >= 4 is 23.9 Å². The van der Waals surface area contributed by atoms with Gasteiger partial charge in [-0.3, -0.25) is 0 Å². The van der Waals surface area contributed by atoms with Crippen molar-refractivity contribution in [1.82, 2.24) is 0 Å². The van der Waals surface area contributed by atoms with Crippen molar-refractivity contribution in [1.29, 1.82) is 5.26 Å². The summed E-state index contributed by atoms with van der Waals surface area (Å²) < 4.78 is 0. The Bertz CT molecular complexity index is 1270. The van der Waals surface area contributed by atoms with E-state index in [0.29, 0.717) is 5.92 Å². The first kappa shape index (κ1) is 18.0. The number of hydrogen-bond acceptors (Lipinski definition) is 2. The lowest BCUT2D eigenvalue weighted by molar-refractivity contribution is 0.500. The van der Waals surface area contributed by atoms with Crippen molar-refractivity contribution in [2.75, 3.05) is 11.4 Å². The number of nitriles is 1. The molecule has 2 aromatic rings. The fourth-order valence-electron chi connectivity index (χ4n) is 5.56. The maximum Gasteiger partial charge on any atom is 0.0991 e. The summed E-state index contributed by atoms with van der Waals surface area (Å²) in [6, 6.07) is 13.0. The summed E-state index contributed by atoms with van der Waals surface area (Å²) >= 11 is 0. The van der Waals surface area contributed by atoms with Gasteiger partial charge in [-0.15, -0.1) is 0 Å². The molecule has 3 aliphatic rings. The van der Waals surface area contributed by atoms with Crippen molar-refractivity contribution in [2.24, 2.45) is 5.92 Å². The number of benzene rings is 2. The van der Waals surface area contributed by atoms with Gasteiger partial charge in [-0.2, -0.15) is 5.26 Å². The van der Waals surface area contributed by atoms with E-state index in [-0.39, 0.29) is 5.41 Å². The van der Waals surface area contributed by atoms with Crippen molar-refractivity contribution in [3.05, 3.63) is 80.9 Å². The minimum absolute atomic E-state index is 0.104. The first-order valence-corrected chi connectivity index (χ1v) is 10.4. The molecule has 0 bridgehead atoms. The highest BCUT2D eigenvalue weighted by Crippen LogP contribution is 2.53. The van der Waals surface area contributed by atoms with Gasteiger partial charge in [0.15, 0.2) is 0 Å². The van der Waals surface area contributed by atoms with Crippen molar-refractivity contribution in [3.63, 3.8) is 0 Å². The molecular formula is C27H26N2. The topological polar surface area (TPSA) is 27.0 Å². The van der Waals surface area contributed by atoms with Crippen LogP contribution in [-0.2, 0) is 11.8 Å². The average Bonchev–Trinajstić information content (AvgIpc) is 2.92. The lowest BCUT2D eigenvalue weighted by Gasteiger charge is -2.39. The molecule has 5 rings (SSSR count). The van der Waals surface area contributed by atoms with Crippen molar-refractivity contribution < 1.29 is 0 Å². The molecule has 1 aliphatic carbocycles. The van der Waals surface area contributed by atoms with E-state index < -0.39 is 0 Å². The highest BCUT2D eigenvalue weighted by Gasteiger charge is 2.45. The van der Waals surface area contributed by atoms with Crippen molar-refractivity contribution in [3.8, 4) is 6.07 Å².